The molecule has 5 unspecified atom stereocenters. The first kappa shape index (κ1) is 14.3. The fourth-order valence-corrected chi connectivity index (χ4v) is 6.45. The number of nitrogens with one attached hydrogen (secondary N) is 1. The Kier molecular flexibility index (Phi) is 3.79. The maximum Gasteiger partial charge on any atom is 0.310 e. The molecule has 3 aliphatic carbocycles. The van der Waals surface area contributed by atoms with Crippen LogP contribution in [0.5, 0.6) is 0 Å². The van der Waals surface area contributed by atoms with Gasteiger partial charge in [-0.2, -0.15) is 0 Å². The molecule has 114 valence electrons. The second-order valence-electron chi connectivity index (χ2n) is 6.54. The lowest BCUT2D eigenvalue weighted by Crippen LogP contribution is -2.45. The predicted molar refractivity (Wildman–Crippen MR) is 74.4 cm³/mol. The molecule has 0 radical (unpaired) electrons. The van der Waals surface area contributed by atoms with E-state index in [1.807, 2.05) is 0 Å². The van der Waals surface area contributed by atoms with Crippen LogP contribution in [-0.2, 0) is 19.6 Å². The van der Waals surface area contributed by atoms with Gasteiger partial charge < -0.3 is 4.74 Å². The molecule has 0 aromatic heterocycles. The Morgan fingerprint density at radius 1 is 1.15 bits per heavy atom. The van der Waals surface area contributed by atoms with E-state index in [0.29, 0.717) is 24.7 Å². The molecule has 0 spiro atoms. The van der Waals surface area contributed by atoms with Crippen molar-refractivity contribution in [2.75, 3.05) is 7.11 Å². The van der Waals surface area contributed by atoms with Gasteiger partial charge in [-0.25, -0.2) is 13.1 Å². The topological polar surface area (TPSA) is 72.5 Å². The van der Waals surface area contributed by atoms with E-state index in [4.69, 9.17) is 4.74 Å². The van der Waals surface area contributed by atoms with Gasteiger partial charge in [0.25, 0.3) is 0 Å². The minimum Gasteiger partial charge on any atom is -0.469 e. The van der Waals surface area contributed by atoms with E-state index in [9.17, 15) is 13.2 Å². The minimum atomic E-state index is -3.42. The Hall–Kier alpha value is -0.620. The van der Waals surface area contributed by atoms with E-state index in [1.54, 1.807) is 0 Å². The third-order valence-electron chi connectivity index (χ3n) is 5.41. The number of sulfonamides is 1. The summed E-state index contributed by atoms with van der Waals surface area (Å²) in [5.41, 5.74) is 0. The molecule has 0 aromatic rings. The highest BCUT2D eigenvalue weighted by Gasteiger charge is 2.46. The summed E-state index contributed by atoms with van der Waals surface area (Å²) in [6, 6.07) is 0.0950. The van der Waals surface area contributed by atoms with Crippen LogP contribution in [0.15, 0.2) is 0 Å². The highest BCUT2D eigenvalue weighted by molar-refractivity contribution is 7.90. The lowest BCUT2D eigenvalue weighted by molar-refractivity contribution is -0.145. The highest BCUT2D eigenvalue weighted by Crippen LogP contribution is 2.45. The molecule has 20 heavy (non-hydrogen) atoms. The summed E-state index contributed by atoms with van der Waals surface area (Å²) in [5.74, 6) is 0.336. The molecule has 0 amide bonds. The number of esters is 1. The minimum absolute atomic E-state index is 0.0950. The second-order valence-corrected chi connectivity index (χ2v) is 8.47. The summed E-state index contributed by atoms with van der Waals surface area (Å²) in [6.07, 6.45) is 6.49. The molecule has 1 N–H and O–H groups in total. The Morgan fingerprint density at radius 3 is 2.55 bits per heavy atom. The van der Waals surface area contributed by atoms with Crippen LogP contribution in [0.4, 0.5) is 0 Å². The SMILES string of the molecule is COC(=O)C1CCCC1S(=O)(=O)NC1CC2CCC1C2. The van der Waals surface area contributed by atoms with Crippen molar-refractivity contribution in [1.29, 1.82) is 0 Å². The molecule has 6 heteroatoms. The Labute approximate surface area is 120 Å². The average molecular weight is 301 g/mol. The van der Waals surface area contributed by atoms with Crippen molar-refractivity contribution in [2.24, 2.45) is 17.8 Å². The van der Waals surface area contributed by atoms with E-state index < -0.39 is 21.2 Å². The monoisotopic (exact) mass is 301 g/mol. The quantitative estimate of drug-likeness (QED) is 0.797. The van der Waals surface area contributed by atoms with Crippen molar-refractivity contribution >= 4 is 16.0 Å². The van der Waals surface area contributed by atoms with Gasteiger partial charge in [-0.15, -0.1) is 0 Å². The van der Waals surface area contributed by atoms with Crippen molar-refractivity contribution in [2.45, 2.75) is 56.2 Å². The van der Waals surface area contributed by atoms with Gasteiger partial charge in [0.2, 0.25) is 10.0 Å². The zero-order valence-electron chi connectivity index (χ0n) is 11.9. The third-order valence-corrected chi connectivity index (χ3v) is 7.40. The maximum absolute atomic E-state index is 12.6. The molecular formula is C14H23NO4S. The zero-order valence-corrected chi connectivity index (χ0v) is 12.7. The summed E-state index contributed by atoms with van der Waals surface area (Å²) in [6.45, 7) is 0. The van der Waals surface area contributed by atoms with Gasteiger partial charge in [-0.05, 0) is 43.9 Å². The molecule has 3 rings (SSSR count). The van der Waals surface area contributed by atoms with Crippen molar-refractivity contribution < 1.29 is 17.9 Å². The summed E-state index contributed by atoms with van der Waals surface area (Å²) in [4.78, 5) is 11.7. The summed E-state index contributed by atoms with van der Waals surface area (Å²) < 4.78 is 32.8. The summed E-state index contributed by atoms with van der Waals surface area (Å²) in [5, 5.41) is -0.603. The Bertz CT molecular complexity index is 489. The largest absolute Gasteiger partial charge is 0.469 e. The number of rotatable bonds is 4. The number of hydrogen-bond donors (Lipinski definition) is 1. The second kappa shape index (κ2) is 5.30. The van der Waals surface area contributed by atoms with Gasteiger partial charge in [0.1, 0.15) is 0 Å². The van der Waals surface area contributed by atoms with Crippen molar-refractivity contribution in [3.8, 4) is 0 Å². The number of carbonyl (C=O) groups is 1. The van der Waals surface area contributed by atoms with Gasteiger partial charge >= 0.3 is 5.97 Å². The first-order chi connectivity index (χ1) is 9.51. The Balaban J connectivity index is 1.70. The molecule has 5 nitrogen and oxygen atoms in total. The fraction of sp³-hybridized carbons (Fsp3) is 0.929. The van der Waals surface area contributed by atoms with Crippen LogP contribution in [0.25, 0.3) is 0 Å². The van der Waals surface area contributed by atoms with E-state index in [2.05, 4.69) is 4.72 Å². The maximum atomic E-state index is 12.6. The zero-order chi connectivity index (χ0) is 14.3. The summed E-state index contributed by atoms with van der Waals surface area (Å²) >= 11 is 0. The Morgan fingerprint density at radius 2 is 1.95 bits per heavy atom. The van der Waals surface area contributed by atoms with Gasteiger partial charge in [0.05, 0.1) is 18.3 Å². The molecule has 0 heterocycles. The highest BCUT2D eigenvalue weighted by atomic mass is 32.2. The standard InChI is InChI=1S/C14H23NO4S/c1-19-14(16)11-3-2-4-13(11)20(17,18)15-12-8-9-5-6-10(12)7-9/h9-13,15H,2-8H2,1H3. The number of fused-ring (bicyclic) bond motifs is 2. The molecule has 3 fully saturated rings. The predicted octanol–water partition coefficient (Wildman–Crippen LogP) is 1.44. The van der Waals surface area contributed by atoms with E-state index in [1.165, 1.54) is 13.5 Å². The molecule has 3 aliphatic rings. The lowest BCUT2D eigenvalue weighted by atomic mass is 9.96. The molecular weight excluding hydrogens is 278 g/mol. The third kappa shape index (κ3) is 2.48. The van der Waals surface area contributed by atoms with Gasteiger partial charge in [-0.1, -0.05) is 12.8 Å². The average Bonchev–Trinajstić information content (AvgIpc) is 3.12. The van der Waals surface area contributed by atoms with Crippen LogP contribution >= 0.6 is 0 Å². The van der Waals surface area contributed by atoms with Crippen LogP contribution in [0.2, 0.25) is 0 Å². The molecule has 0 aromatic carbocycles. The first-order valence-electron chi connectivity index (χ1n) is 7.60. The lowest BCUT2D eigenvalue weighted by Gasteiger charge is -2.26. The van der Waals surface area contributed by atoms with E-state index in [0.717, 1.165) is 25.7 Å². The van der Waals surface area contributed by atoms with Gasteiger partial charge in [-0.3, -0.25) is 4.79 Å². The number of ether oxygens (including phenoxy) is 1. The van der Waals surface area contributed by atoms with Crippen molar-refractivity contribution in [3.63, 3.8) is 0 Å². The van der Waals surface area contributed by atoms with Crippen molar-refractivity contribution in [3.05, 3.63) is 0 Å². The van der Waals surface area contributed by atoms with Crippen molar-refractivity contribution in [1.82, 2.24) is 4.72 Å². The molecule has 0 aliphatic heterocycles. The van der Waals surface area contributed by atoms with Crippen LogP contribution in [0.1, 0.15) is 44.9 Å². The number of hydrogen-bond acceptors (Lipinski definition) is 4. The number of carbonyl (C=O) groups excluding carboxylic acids is 1. The van der Waals surface area contributed by atoms with Crippen LogP contribution in [0.3, 0.4) is 0 Å². The summed E-state index contributed by atoms with van der Waals surface area (Å²) in [7, 11) is -2.09. The number of methoxy groups -OCH3 is 1. The fourth-order valence-electron chi connectivity index (χ4n) is 4.41. The van der Waals surface area contributed by atoms with Crippen LogP contribution in [-0.4, -0.2) is 32.8 Å². The van der Waals surface area contributed by atoms with Gasteiger partial charge in [0.15, 0.2) is 0 Å². The molecule has 2 bridgehead atoms. The van der Waals surface area contributed by atoms with E-state index >= 15 is 0 Å². The normalized spacial score (nSPS) is 40.1. The van der Waals surface area contributed by atoms with Crippen LogP contribution in [0, 0.1) is 17.8 Å². The molecule has 3 saturated carbocycles. The first-order valence-corrected chi connectivity index (χ1v) is 9.15. The molecule has 5 atom stereocenters. The molecule has 0 saturated heterocycles. The van der Waals surface area contributed by atoms with Crippen LogP contribution < -0.4 is 4.72 Å². The smallest absolute Gasteiger partial charge is 0.310 e. The van der Waals surface area contributed by atoms with Gasteiger partial charge in [0, 0.05) is 6.04 Å². The van der Waals surface area contributed by atoms with E-state index in [-0.39, 0.29) is 12.0 Å².